The Kier molecular flexibility index (Phi) is 5.13. The van der Waals surface area contributed by atoms with Crippen molar-refractivity contribution in [3.63, 3.8) is 0 Å². The molecule has 0 radical (unpaired) electrons. The standard InChI is InChI=1S/C18H20N4O3/c23-16-11-14(12-22(16)10-8-13-5-2-1-3-6-13)17(24)20-21-18(25)15-7-4-9-19-15/h1-7,9,14,19H,8,10-12H2,(H,20,24)(H,21,25). The topological polar surface area (TPSA) is 94.3 Å². The Bertz CT molecular complexity index is 743. The van der Waals surface area contributed by atoms with Crippen LogP contribution >= 0.6 is 0 Å². The van der Waals surface area contributed by atoms with Gasteiger partial charge in [0.05, 0.1) is 5.92 Å². The van der Waals surface area contributed by atoms with Gasteiger partial charge in [0.15, 0.2) is 0 Å². The van der Waals surface area contributed by atoms with E-state index in [0.29, 0.717) is 18.8 Å². The minimum absolute atomic E-state index is 0.0354. The number of aromatic nitrogens is 1. The molecular weight excluding hydrogens is 320 g/mol. The van der Waals surface area contributed by atoms with Crippen LogP contribution in [-0.4, -0.2) is 40.7 Å². The highest BCUT2D eigenvalue weighted by Gasteiger charge is 2.34. The molecule has 2 aromatic rings. The number of amides is 3. The molecule has 1 saturated heterocycles. The van der Waals surface area contributed by atoms with E-state index in [1.54, 1.807) is 23.2 Å². The van der Waals surface area contributed by atoms with Crippen molar-refractivity contribution >= 4 is 17.7 Å². The number of nitrogens with one attached hydrogen (secondary N) is 3. The average molecular weight is 340 g/mol. The first-order valence-corrected chi connectivity index (χ1v) is 8.19. The number of rotatable bonds is 5. The highest BCUT2D eigenvalue weighted by molar-refractivity contribution is 5.95. The van der Waals surface area contributed by atoms with Crippen molar-refractivity contribution in [2.45, 2.75) is 12.8 Å². The number of hydrogen-bond donors (Lipinski definition) is 3. The summed E-state index contributed by atoms with van der Waals surface area (Å²) in [6.07, 6.45) is 2.54. The van der Waals surface area contributed by atoms with Crippen LogP contribution in [0.4, 0.5) is 0 Å². The maximum absolute atomic E-state index is 12.2. The lowest BCUT2D eigenvalue weighted by atomic mass is 10.1. The first-order valence-electron chi connectivity index (χ1n) is 8.19. The van der Waals surface area contributed by atoms with Gasteiger partial charge in [0.1, 0.15) is 5.69 Å². The zero-order valence-corrected chi connectivity index (χ0v) is 13.7. The van der Waals surface area contributed by atoms with E-state index in [1.165, 1.54) is 0 Å². The molecular formula is C18H20N4O3. The van der Waals surface area contributed by atoms with Crippen molar-refractivity contribution in [2.24, 2.45) is 5.92 Å². The molecule has 0 saturated carbocycles. The SMILES string of the molecule is O=C(NNC(=O)C1CC(=O)N(CCc2ccccc2)C1)c1ccc[nH]1. The molecule has 7 heteroatoms. The van der Waals surface area contributed by atoms with Gasteiger partial charge in [-0.15, -0.1) is 0 Å². The average Bonchev–Trinajstić information content (AvgIpc) is 3.28. The van der Waals surface area contributed by atoms with Gasteiger partial charge in [-0.25, -0.2) is 0 Å². The summed E-state index contributed by atoms with van der Waals surface area (Å²) in [5.41, 5.74) is 6.25. The fourth-order valence-electron chi connectivity index (χ4n) is 2.83. The number of hydrogen-bond acceptors (Lipinski definition) is 3. The second-order valence-corrected chi connectivity index (χ2v) is 6.00. The summed E-state index contributed by atoms with van der Waals surface area (Å²) in [5, 5.41) is 0. The van der Waals surface area contributed by atoms with Gasteiger partial charge in [-0.2, -0.15) is 0 Å². The second-order valence-electron chi connectivity index (χ2n) is 6.00. The number of benzene rings is 1. The summed E-state index contributed by atoms with van der Waals surface area (Å²) in [6, 6.07) is 13.2. The minimum Gasteiger partial charge on any atom is -0.357 e. The first kappa shape index (κ1) is 16.8. The highest BCUT2D eigenvalue weighted by atomic mass is 16.2. The Labute approximate surface area is 145 Å². The quantitative estimate of drug-likeness (QED) is 0.705. The third-order valence-corrected chi connectivity index (χ3v) is 4.24. The second kappa shape index (κ2) is 7.65. The van der Waals surface area contributed by atoms with Crippen molar-refractivity contribution in [2.75, 3.05) is 13.1 Å². The Morgan fingerprint density at radius 2 is 1.92 bits per heavy atom. The summed E-state index contributed by atoms with van der Waals surface area (Å²) in [6.45, 7) is 0.956. The molecule has 0 aliphatic carbocycles. The van der Waals surface area contributed by atoms with Crippen LogP contribution in [0.15, 0.2) is 48.7 Å². The molecule has 1 aliphatic rings. The molecule has 130 valence electrons. The predicted octanol–water partition coefficient (Wildman–Crippen LogP) is 0.867. The van der Waals surface area contributed by atoms with Gasteiger partial charge in [0.2, 0.25) is 11.8 Å². The van der Waals surface area contributed by atoms with Crippen molar-refractivity contribution in [1.29, 1.82) is 0 Å². The van der Waals surface area contributed by atoms with E-state index in [1.807, 2.05) is 30.3 Å². The number of H-pyrrole nitrogens is 1. The van der Waals surface area contributed by atoms with Crippen LogP contribution in [0.3, 0.4) is 0 Å². The van der Waals surface area contributed by atoms with Gasteiger partial charge >= 0.3 is 0 Å². The van der Waals surface area contributed by atoms with Crippen LogP contribution in [0.5, 0.6) is 0 Å². The number of carbonyl (C=O) groups excluding carboxylic acids is 3. The van der Waals surface area contributed by atoms with Crippen LogP contribution in [0, 0.1) is 5.92 Å². The van der Waals surface area contributed by atoms with E-state index in [-0.39, 0.29) is 18.2 Å². The number of nitrogens with zero attached hydrogens (tertiary/aromatic N) is 1. The van der Waals surface area contributed by atoms with E-state index >= 15 is 0 Å². The van der Waals surface area contributed by atoms with E-state index in [2.05, 4.69) is 15.8 Å². The fraction of sp³-hybridized carbons (Fsp3) is 0.278. The summed E-state index contributed by atoms with van der Waals surface area (Å²) < 4.78 is 0. The van der Waals surface area contributed by atoms with Crippen molar-refractivity contribution in [3.05, 3.63) is 59.9 Å². The third kappa shape index (κ3) is 4.26. The van der Waals surface area contributed by atoms with E-state index in [9.17, 15) is 14.4 Å². The lowest BCUT2D eigenvalue weighted by Gasteiger charge is -2.16. The molecule has 0 bridgehead atoms. The molecule has 25 heavy (non-hydrogen) atoms. The zero-order chi connectivity index (χ0) is 17.6. The molecule has 0 spiro atoms. The van der Waals surface area contributed by atoms with Crippen LogP contribution in [0.1, 0.15) is 22.5 Å². The van der Waals surface area contributed by atoms with Gasteiger partial charge in [-0.3, -0.25) is 25.2 Å². The van der Waals surface area contributed by atoms with E-state index < -0.39 is 11.8 Å². The van der Waals surface area contributed by atoms with Crippen LogP contribution in [-0.2, 0) is 16.0 Å². The lowest BCUT2D eigenvalue weighted by molar-refractivity contribution is -0.129. The molecule has 1 atom stereocenters. The van der Waals surface area contributed by atoms with E-state index in [0.717, 1.165) is 12.0 Å². The smallest absolute Gasteiger partial charge is 0.286 e. The third-order valence-electron chi connectivity index (χ3n) is 4.24. The van der Waals surface area contributed by atoms with E-state index in [4.69, 9.17) is 0 Å². The van der Waals surface area contributed by atoms with Crippen molar-refractivity contribution in [1.82, 2.24) is 20.7 Å². The normalized spacial score (nSPS) is 16.7. The molecule has 2 heterocycles. The Morgan fingerprint density at radius 3 is 2.64 bits per heavy atom. The largest absolute Gasteiger partial charge is 0.357 e. The Balaban J connectivity index is 1.46. The molecule has 3 rings (SSSR count). The Hall–Kier alpha value is -3.09. The predicted molar refractivity (Wildman–Crippen MR) is 91.2 cm³/mol. The molecule has 7 nitrogen and oxygen atoms in total. The van der Waals surface area contributed by atoms with Gasteiger partial charge in [0.25, 0.3) is 5.91 Å². The summed E-state index contributed by atoms with van der Waals surface area (Å²) >= 11 is 0. The molecule has 1 fully saturated rings. The zero-order valence-electron chi connectivity index (χ0n) is 13.7. The van der Waals surface area contributed by atoms with Crippen molar-refractivity contribution in [3.8, 4) is 0 Å². The van der Waals surface area contributed by atoms with Gasteiger partial charge in [-0.05, 0) is 24.1 Å². The molecule has 1 unspecified atom stereocenters. The first-order chi connectivity index (χ1) is 12.1. The van der Waals surface area contributed by atoms with Crippen LogP contribution < -0.4 is 10.9 Å². The maximum atomic E-state index is 12.2. The molecule has 3 amide bonds. The molecule has 1 aromatic heterocycles. The van der Waals surface area contributed by atoms with Gasteiger partial charge < -0.3 is 9.88 Å². The minimum atomic E-state index is -0.452. The van der Waals surface area contributed by atoms with Crippen LogP contribution in [0.2, 0.25) is 0 Å². The monoisotopic (exact) mass is 340 g/mol. The number of likely N-dealkylation sites (tertiary alicyclic amines) is 1. The molecule has 1 aromatic carbocycles. The summed E-state index contributed by atoms with van der Waals surface area (Å²) in [4.78, 5) is 40.5. The molecule has 1 aliphatic heterocycles. The summed E-state index contributed by atoms with van der Waals surface area (Å²) in [7, 11) is 0. The maximum Gasteiger partial charge on any atom is 0.286 e. The Morgan fingerprint density at radius 1 is 1.12 bits per heavy atom. The fourth-order valence-corrected chi connectivity index (χ4v) is 2.83. The number of aromatic amines is 1. The number of hydrazine groups is 1. The molecule has 3 N–H and O–H groups in total. The van der Waals surface area contributed by atoms with Crippen molar-refractivity contribution < 1.29 is 14.4 Å². The van der Waals surface area contributed by atoms with Gasteiger partial charge in [-0.1, -0.05) is 30.3 Å². The highest BCUT2D eigenvalue weighted by Crippen LogP contribution is 2.18. The van der Waals surface area contributed by atoms with Gasteiger partial charge in [0, 0.05) is 25.7 Å². The van der Waals surface area contributed by atoms with Crippen LogP contribution in [0.25, 0.3) is 0 Å². The summed E-state index contributed by atoms with van der Waals surface area (Å²) in [5.74, 6) is -1.27. The lowest BCUT2D eigenvalue weighted by Crippen LogP contribution is -2.45. The number of carbonyl (C=O) groups is 3.